The van der Waals surface area contributed by atoms with Crippen LogP contribution in [0.1, 0.15) is 12.8 Å². The van der Waals surface area contributed by atoms with E-state index in [4.69, 9.17) is 9.47 Å². The number of halogens is 1. The molecule has 0 bridgehead atoms. The van der Waals surface area contributed by atoms with Gasteiger partial charge in [-0.15, -0.1) is 11.3 Å². The van der Waals surface area contributed by atoms with Gasteiger partial charge in [0.25, 0.3) is 0 Å². The Morgan fingerprint density at radius 3 is 2.85 bits per heavy atom. The number of ether oxygens (including phenoxy) is 2. The average molecular weight is 472 g/mol. The summed E-state index contributed by atoms with van der Waals surface area (Å²) >= 11 is 1.62. The molecule has 6 rings (SSSR count). The Morgan fingerprint density at radius 2 is 1.97 bits per heavy atom. The highest BCUT2D eigenvalue weighted by Gasteiger charge is 2.17. The van der Waals surface area contributed by atoms with Crippen molar-refractivity contribution in [2.75, 3.05) is 18.5 Å². The lowest BCUT2D eigenvalue weighted by Gasteiger charge is -2.23. The van der Waals surface area contributed by atoms with Crippen LogP contribution in [0.4, 0.5) is 15.8 Å². The van der Waals surface area contributed by atoms with E-state index >= 15 is 4.39 Å². The number of hydrogen-bond acceptors (Lipinski definition) is 6. The van der Waals surface area contributed by atoms with E-state index in [0.717, 1.165) is 57.5 Å². The molecule has 1 fully saturated rings. The van der Waals surface area contributed by atoms with Gasteiger partial charge >= 0.3 is 0 Å². The van der Waals surface area contributed by atoms with Gasteiger partial charge in [-0.25, -0.2) is 9.37 Å². The Morgan fingerprint density at radius 1 is 1.00 bits per heavy atom. The zero-order valence-electron chi connectivity index (χ0n) is 18.3. The molecule has 5 aromatic rings. The van der Waals surface area contributed by atoms with E-state index in [9.17, 15) is 0 Å². The summed E-state index contributed by atoms with van der Waals surface area (Å²) in [7, 11) is 0. The predicted molar refractivity (Wildman–Crippen MR) is 135 cm³/mol. The minimum Gasteiger partial charge on any atom is -0.488 e. The molecule has 34 heavy (non-hydrogen) atoms. The van der Waals surface area contributed by atoms with E-state index in [1.54, 1.807) is 23.6 Å². The molecule has 1 N–H and O–H groups in total. The van der Waals surface area contributed by atoms with E-state index in [2.05, 4.69) is 21.4 Å². The van der Waals surface area contributed by atoms with E-state index in [-0.39, 0.29) is 11.9 Å². The molecule has 1 saturated heterocycles. The third-order valence-corrected chi connectivity index (χ3v) is 6.83. The van der Waals surface area contributed by atoms with Crippen molar-refractivity contribution in [1.82, 2.24) is 9.97 Å². The topological polar surface area (TPSA) is 56.3 Å². The number of nitrogens with one attached hydrogen (secondary N) is 1. The fourth-order valence-corrected chi connectivity index (χ4v) is 4.97. The lowest BCUT2D eigenvalue weighted by atomic mass is 10.0. The van der Waals surface area contributed by atoms with Gasteiger partial charge < -0.3 is 14.8 Å². The van der Waals surface area contributed by atoms with Crippen molar-refractivity contribution >= 4 is 43.8 Å². The van der Waals surface area contributed by atoms with Crippen molar-refractivity contribution in [2.24, 2.45) is 0 Å². The van der Waals surface area contributed by atoms with Crippen LogP contribution < -0.4 is 10.1 Å². The summed E-state index contributed by atoms with van der Waals surface area (Å²) in [6.45, 7) is 1.31. The van der Waals surface area contributed by atoms with Gasteiger partial charge in [-0.3, -0.25) is 4.98 Å². The summed E-state index contributed by atoms with van der Waals surface area (Å²) in [4.78, 5) is 8.88. The number of nitrogens with zero attached hydrogens (tertiary/aromatic N) is 2. The molecule has 1 aliphatic rings. The molecule has 2 aromatic heterocycles. The third kappa shape index (κ3) is 4.20. The summed E-state index contributed by atoms with van der Waals surface area (Å²) in [5, 5.41) is 4.39. The van der Waals surface area contributed by atoms with E-state index in [1.165, 1.54) is 6.07 Å². The van der Waals surface area contributed by atoms with Gasteiger partial charge in [-0.2, -0.15) is 0 Å². The van der Waals surface area contributed by atoms with Gasteiger partial charge in [-0.05, 0) is 66.9 Å². The number of pyridine rings is 1. The summed E-state index contributed by atoms with van der Waals surface area (Å²) < 4.78 is 27.6. The first-order valence-corrected chi connectivity index (χ1v) is 12.1. The quantitative estimate of drug-likeness (QED) is 0.301. The Bertz CT molecular complexity index is 1480. The van der Waals surface area contributed by atoms with Gasteiger partial charge in [0.15, 0.2) is 0 Å². The second-order valence-electron chi connectivity index (χ2n) is 8.35. The van der Waals surface area contributed by atoms with Crippen LogP contribution in [-0.2, 0) is 4.74 Å². The van der Waals surface area contributed by atoms with Gasteiger partial charge in [0, 0.05) is 41.2 Å². The van der Waals surface area contributed by atoms with E-state index in [1.807, 2.05) is 48.0 Å². The first-order valence-electron chi connectivity index (χ1n) is 11.3. The zero-order valence-corrected chi connectivity index (χ0v) is 19.1. The average Bonchev–Trinajstić information content (AvgIpc) is 3.33. The Hall–Kier alpha value is -3.55. The number of fused-ring (bicyclic) bond motifs is 2. The molecule has 0 amide bonds. The van der Waals surface area contributed by atoms with Crippen molar-refractivity contribution in [2.45, 2.75) is 18.9 Å². The second-order valence-corrected chi connectivity index (χ2v) is 9.24. The maximum Gasteiger partial charge on any atom is 0.134 e. The van der Waals surface area contributed by atoms with Crippen LogP contribution in [0.2, 0.25) is 0 Å². The van der Waals surface area contributed by atoms with Gasteiger partial charge in [0.1, 0.15) is 17.7 Å². The predicted octanol–water partition coefficient (Wildman–Crippen LogP) is 6.95. The number of anilines is 2. The second kappa shape index (κ2) is 9.00. The molecule has 0 radical (unpaired) electrons. The van der Waals surface area contributed by atoms with Crippen LogP contribution in [0.3, 0.4) is 0 Å². The van der Waals surface area contributed by atoms with Crippen LogP contribution in [0.5, 0.6) is 5.75 Å². The highest BCUT2D eigenvalue weighted by atomic mass is 32.1. The molecule has 5 nitrogen and oxygen atoms in total. The molecule has 1 unspecified atom stereocenters. The molecule has 1 aliphatic heterocycles. The Labute approximate surface area is 200 Å². The fourth-order valence-electron chi connectivity index (χ4n) is 4.31. The monoisotopic (exact) mass is 471 g/mol. The Kier molecular flexibility index (Phi) is 5.57. The standard InChI is InChI=1S/C27H22FN3O2S/c28-23-14-19(33-20-2-1-11-32-15-20)5-6-21(23)17-3-7-24-22(12-17)25(9-10-29-24)31-18-4-8-27-26(13-18)30-16-34-27/h3-10,12-14,16,20H,1-2,11,15H2,(H,29,31). The number of thiazole rings is 1. The van der Waals surface area contributed by atoms with Crippen molar-refractivity contribution in [3.05, 3.63) is 78.2 Å². The first kappa shape index (κ1) is 21.0. The van der Waals surface area contributed by atoms with E-state index < -0.39 is 0 Å². The van der Waals surface area contributed by atoms with Gasteiger partial charge in [0.05, 0.1) is 27.9 Å². The van der Waals surface area contributed by atoms with E-state index in [0.29, 0.717) is 17.9 Å². The van der Waals surface area contributed by atoms with Crippen LogP contribution in [0.25, 0.3) is 32.2 Å². The van der Waals surface area contributed by atoms with Crippen molar-refractivity contribution in [1.29, 1.82) is 0 Å². The lowest BCUT2D eigenvalue weighted by molar-refractivity contribution is 0.00732. The number of benzene rings is 3. The van der Waals surface area contributed by atoms with Crippen LogP contribution >= 0.6 is 11.3 Å². The maximum absolute atomic E-state index is 15.1. The smallest absolute Gasteiger partial charge is 0.134 e. The minimum atomic E-state index is -0.319. The van der Waals surface area contributed by atoms with Crippen molar-refractivity contribution < 1.29 is 13.9 Å². The zero-order chi connectivity index (χ0) is 22.9. The third-order valence-electron chi connectivity index (χ3n) is 6.02. The summed E-state index contributed by atoms with van der Waals surface area (Å²) in [5.41, 5.74) is 6.78. The molecule has 1 atom stereocenters. The van der Waals surface area contributed by atoms with Gasteiger partial charge in [0.2, 0.25) is 0 Å². The van der Waals surface area contributed by atoms with Crippen LogP contribution in [0.15, 0.2) is 72.4 Å². The highest BCUT2D eigenvalue weighted by Crippen LogP contribution is 2.33. The summed E-state index contributed by atoms with van der Waals surface area (Å²) in [6, 6.07) is 18.9. The molecule has 3 aromatic carbocycles. The number of rotatable bonds is 5. The summed E-state index contributed by atoms with van der Waals surface area (Å²) in [5.74, 6) is 0.208. The Balaban J connectivity index is 1.31. The van der Waals surface area contributed by atoms with Crippen LogP contribution in [-0.4, -0.2) is 29.3 Å². The molecule has 0 saturated carbocycles. The number of aromatic nitrogens is 2. The molecule has 170 valence electrons. The highest BCUT2D eigenvalue weighted by molar-refractivity contribution is 7.16. The maximum atomic E-state index is 15.1. The lowest BCUT2D eigenvalue weighted by Crippen LogP contribution is -2.28. The normalized spacial score (nSPS) is 16.1. The van der Waals surface area contributed by atoms with Crippen molar-refractivity contribution in [3.63, 3.8) is 0 Å². The molecular weight excluding hydrogens is 449 g/mol. The van der Waals surface area contributed by atoms with Crippen LogP contribution in [0, 0.1) is 5.82 Å². The largest absolute Gasteiger partial charge is 0.488 e. The summed E-state index contributed by atoms with van der Waals surface area (Å²) in [6.07, 6.45) is 3.63. The molecule has 0 spiro atoms. The first-order chi connectivity index (χ1) is 16.7. The van der Waals surface area contributed by atoms with Crippen molar-refractivity contribution in [3.8, 4) is 16.9 Å². The fraction of sp³-hybridized carbons (Fsp3) is 0.185. The molecule has 7 heteroatoms. The minimum absolute atomic E-state index is 0.0251. The molecule has 3 heterocycles. The molecular formula is C27H22FN3O2S. The number of hydrogen-bond donors (Lipinski definition) is 1. The van der Waals surface area contributed by atoms with Gasteiger partial charge in [-0.1, -0.05) is 6.07 Å². The SMILES string of the molecule is Fc1cc(OC2CCCOC2)ccc1-c1ccc2nccc(Nc3ccc4scnc4c3)c2c1. The molecule has 0 aliphatic carbocycles.